The minimum atomic E-state index is -0.107. The Morgan fingerprint density at radius 2 is 1.82 bits per heavy atom. The van der Waals surface area contributed by atoms with Gasteiger partial charge in [-0.25, -0.2) is 15.0 Å². The van der Waals surface area contributed by atoms with E-state index in [-0.39, 0.29) is 5.78 Å². The van der Waals surface area contributed by atoms with Gasteiger partial charge in [0, 0.05) is 24.4 Å². The molecule has 0 amide bonds. The summed E-state index contributed by atoms with van der Waals surface area (Å²) in [5.74, 6) is 3.02. The van der Waals surface area contributed by atoms with Crippen LogP contribution in [-0.4, -0.2) is 64.5 Å². The fraction of sp³-hybridized carbons (Fsp3) is 0.310. The van der Waals surface area contributed by atoms with Crippen LogP contribution < -0.4 is 9.64 Å². The Bertz CT molecular complexity index is 1410. The van der Waals surface area contributed by atoms with E-state index in [1.807, 2.05) is 18.2 Å². The number of rotatable bonds is 10. The zero-order valence-corrected chi connectivity index (χ0v) is 22.5. The monoisotopic (exact) mass is 529 g/mol. The molecule has 38 heavy (non-hydrogen) atoms. The first-order valence-corrected chi connectivity index (χ1v) is 13.8. The largest absolute Gasteiger partial charge is 0.497 e. The Morgan fingerprint density at radius 3 is 2.53 bits per heavy atom. The number of fused-ring (bicyclic) bond motifs is 1. The van der Waals surface area contributed by atoms with Crippen molar-refractivity contribution in [2.45, 2.75) is 25.0 Å². The van der Waals surface area contributed by atoms with E-state index in [9.17, 15) is 4.79 Å². The minimum Gasteiger partial charge on any atom is -0.497 e. The Kier molecular flexibility index (Phi) is 8.35. The van der Waals surface area contributed by atoms with Gasteiger partial charge < -0.3 is 18.9 Å². The molecule has 2 aromatic carbocycles. The van der Waals surface area contributed by atoms with E-state index in [0.29, 0.717) is 36.9 Å². The van der Waals surface area contributed by atoms with Crippen LogP contribution in [0.2, 0.25) is 0 Å². The Labute approximate surface area is 226 Å². The van der Waals surface area contributed by atoms with E-state index >= 15 is 0 Å². The number of morpholine rings is 1. The van der Waals surface area contributed by atoms with Gasteiger partial charge in [0.2, 0.25) is 0 Å². The molecular weight excluding hydrogens is 498 g/mol. The molecule has 0 atom stereocenters. The molecule has 0 radical (unpaired) electrons. The minimum absolute atomic E-state index is 0.107. The van der Waals surface area contributed by atoms with E-state index in [1.165, 1.54) is 0 Å². The molecule has 0 aliphatic carbocycles. The molecule has 0 spiro atoms. The van der Waals surface area contributed by atoms with E-state index in [2.05, 4.69) is 28.5 Å². The summed E-state index contributed by atoms with van der Waals surface area (Å²) in [6.45, 7) is 5.52. The van der Waals surface area contributed by atoms with Gasteiger partial charge in [-0.3, -0.25) is 4.79 Å². The molecule has 1 saturated heterocycles. The first-order chi connectivity index (χ1) is 18.7. The molecule has 4 aromatic rings. The number of thioether (sulfide) groups is 1. The van der Waals surface area contributed by atoms with Crippen molar-refractivity contribution in [1.82, 2.24) is 19.5 Å². The van der Waals surface area contributed by atoms with Crippen LogP contribution in [0.4, 0.5) is 5.82 Å². The summed E-state index contributed by atoms with van der Waals surface area (Å²) < 4.78 is 12.9. The molecule has 1 aliphatic rings. The zero-order chi connectivity index (χ0) is 26.3. The summed E-state index contributed by atoms with van der Waals surface area (Å²) in [5.41, 5.74) is 3.21. The van der Waals surface area contributed by atoms with Gasteiger partial charge >= 0.3 is 0 Å². The van der Waals surface area contributed by atoms with Crippen LogP contribution >= 0.6 is 11.8 Å². The lowest BCUT2D eigenvalue weighted by Gasteiger charge is -2.28. The first kappa shape index (κ1) is 25.9. The molecule has 0 bridgehead atoms. The Hall–Kier alpha value is -3.69. The van der Waals surface area contributed by atoms with E-state index in [4.69, 9.17) is 24.4 Å². The highest BCUT2D eigenvalue weighted by atomic mass is 32.2. The van der Waals surface area contributed by atoms with Crippen LogP contribution in [-0.2, 0) is 11.3 Å². The van der Waals surface area contributed by atoms with Crippen molar-refractivity contribution in [3.63, 3.8) is 0 Å². The number of ketones is 1. The van der Waals surface area contributed by atoms with Gasteiger partial charge in [0.25, 0.3) is 0 Å². The SMILES string of the molecule is CCCSc1nc(N2CCOCC2)c2nc(/C=C/C(=O)c3ccc(OC)cc3)n(Cc3ccccc3)c2n1. The van der Waals surface area contributed by atoms with Crippen LogP contribution in [0.5, 0.6) is 5.75 Å². The van der Waals surface area contributed by atoms with Crippen molar-refractivity contribution in [1.29, 1.82) is 0 Å². The summed E-state index contributed by atoms with van der Waals surface area (Å²) >= 11 is 1.65. The van der Waals surface area contributed by atoms with E-state index in [1.54, 1.807) is 55.3 Å². The second kappa shape index (κ2) is 12.2. The second-order valence-corrected chi connectivity index (χ2v) is 9.98. The quantitative estimate of drug-likeness (QED) is 0.121. The van der Waals surface area contributed by atoms with Crippen LogP contribution in [0, 0.1) is 0 Å². The van der Waals surface area contributed by atoms with Crippen molar-refractivity contribution >= 4 is 40.6 Å². The molecule has 1 aliphatic heterocycles. The third-order valence-corrected chi connectivity index (χ3v) is 7.33. The Balaban J connectivity index is 1.59. The number of carbonyl (C=O) groups is 1. The number of aromatic nitrogens is 4. The van der Waals surface area contributed by atoms with E-state index in [0.717, 1.165) is 53.0 Å². The van der Waals surface area contributed by atoms with Gasteiger partial charge in [-0.2, -0.15) is 0 Å². The molecule has 0 N–H and O–H groups in total. The number of benzene rings is 2. The summed E-state index contributed by atoms with van der Waals surface area (Å²) in [6, 6.07) is 17.3. The maximum Gasteiger partial charge on any atom is 0.191 e. The van der Waals surface area contributed by atoms with Gasteiger partial charge in [-0.15, -0.1) is 0 Å². The smallest absolute Gasteiger partial charge is 0.191 e. The first-order valence-electron chi connectivity index (χ1n) is 12.8. The molecule has 5 rings (SSSR count). The summed E-state index contributed by atoms with van der Waals surface area (Å²) in [6.07, 6.45) is 4.38. The molecule has 2 aromatic heterocycles. The molecular formula is C29H31N5O3S. The highest BCUT2D eigenvalue weighted by molar-refractivity contribution is 7.99. The lowest BCUT2D eigenvalue weighted by molar-refractivity contribution is 0.104. The molecule has 9 heteroatoms. The van der Waals surface area contributed by atoms with Crippen molar-refractivity contribution < 1.29 is 14.3 Å². The fourth-order valence-electron chi connectivity index (χ4n) is 4.29. The van der Waals surface area contributed by atoms with Gasteiger partial charge in [0.05, 0.1) is 26.9 Å². The highest BCUT2D eigenvalue weighted by Gasteiger charge is 2.23. The van der Waals surface area contributed by atoms with Gasteiger partial charge in [-0.05, 0) is 48.4 Å². The number of hydrogen-bond acceptors (Lipinski definition) is 8. The molecule has 1 fully saturated rings. The standard InChI is InChI=1S/C29H31N5O3S/c1-3-19-38-29-31-27(33-15-17-37-18-16-33)26-28(32-29)34(20-21-7-5-4-6-8-21)25(30-26)14-13-24(35)22-9-11-23(36-2)12-10-22/h4-14H,3,15-20H2,1-2H3/b14-13+. The summed E-state index contributed by atoms with van der Waals surface area (Å²) in [7, 11) is 1.61. The Morgan fingerprint density at radius 1 is 1.05 bits per heavy atom. The molecule has 0 unspecified atom stereocenters. The predicted octanol–water partition coefficient (Wildman–Crippen LogP) is 5.12. The van der Waals surface area contributed by atoms with E-state index < -0.39 is 0 Å². The lowest BCUT2D eigenvalue weighted by Crippen LogP contribution is -2.37. The third-order valence-electron chi connectivity index (χ3n) is 6.27. The lowest BCUT2D eigenvalue weighted by atomic mass is 10.1. The van der Waals surface area contributed by atoms with Crippen LogP contribution in [0.25, 0.3) is 17.2 Å². The number of ether oxygens (including phenoxy) is 2. The van der Waals surface area contributed by atoms with Gasteiger partial charge in [-0.1, -0.05) is 49.0 Å². The van der Waals surface area contributed by atoms with Crippen molar-refractivity contribution in [3.05, 3.63) is 77.6 Å². The van der Waals surface area contributed by atoms with Crippen molar-refractivity contribution in [2.75, 3.05) is 44.1 Å². The number of carbonyl (C=O) groups excluding carboxylic acids is 1. The second-order valence-electron chi connectivity index (χ2n) is 8.92. The average Bonchev–Trinajstić information content (AvgIpc) is 3.32. The van der Waals surface area contributed by atoms with Crippen LogP contribution in [0.15, 0.2) is 65.8 Å². The number of hydrogen-bond donors (Lipinski definition) is 0. The number of allylic oxidation sites excluding steroid dienone is 1. The average molecular weight is 530 g/mol. The van der Waals surface area contributed by atoms with Crippen LogP contribution in [0.3, 0.4) is 0 Å². The van der Waals surface area contributed by atoms with Gasteiger partial charge in [0.1, 0.15) is 11.6 Å². The number of methoxy groups -OCH3 is 1. The number of anilines is 1. The van der Waals surface area contributed by atoms with Crippen molar-refractivity contribution in [3.8, 4) is 5.75 Å². The highest BCUT2D eigenvalue weighted by Crippen LogP contribution is 2.29. The topological polar surface area (TPSA) is 82.4 Å². The number of imidazole rings is 1. The molecule has 196 valence electrons. The van der Waals surface area contributed by atoms with Crippen molar-refractivity contribution in [2.24, 2.45) is 0 Å². The summed E-state index contributed by atoms with van der Waals surface area (Å²) in [5, 5.41) is 0.736. The maximum atomic E-state index is 13.0. The molecule has 3 heterocycles. The van der Waals surface area contributed by atoms with Gasteiger partial charge in [0.15, 0.2) is 27.9 Å². The fourth-order valence-corrected chi connectivity index (χ4v) is 4.98. The third kappa shape index (κ3) is 5.89. The molecule has 0 saturated carbocycles. The zero-order valence-electron chi connectivity index (χ0n) is 21.7. The normalized spacial score (nSPS) is 13.9. The summed E-state index contributed by atoms with van der Waals surface area (Å²) in [4.78, 5) is 30.1. The maximum absolute atomic E-state index is 13.0. The molecule has 8 nitrogen and oxygen atoms in total. The predicted molar refractivity (Wildman–Crippen MR) is 151 cm³/mol. The number of nitrogens with zero attached hydrogens (tertiary/aromatic N) is 5. The van der Waals surface area contributed by atoms with Crippen LogP contribution in [0.1, 0.15) is 35.1 Å².